The van der Waals surface area contributed by atoms with E-state index in [0.29, 0.717) is 17.6 Å². The first-order valence-corrected chi connectivity index (χ1v) is 5.94. The molecule has 1 aliphatic rings. The highest BCUT2D eigenvalue weighted by atomic mass is 16.1. The van der Waals surface area contributed by atoms with Gasteiger partial charge in [0.15, 0.2) is 0 Å². The van der Waals surface area contributed by atoms with Crippen LogP contribution in [0, 0.1) is 17.3 Å². The van der Waals surface area contributed by atoms with Crippen molar-refractivity contribution in [3.63, 3.8) is 0 Å². The molecular weight excluding hydrogens is 172 g/mol. The fourth-order valence-corrected chi connectivity index (χ4v) is 2.02. The molecule has 1 rings (SSSR count). The Morgan fingerprint density at radius 2 is 1.79 bits per heavy atom. The average molecular weight is 196 g/mol. The Kier molecular flexibility index (Phi) is 3.74. The third kappa shape index (κ3) is 3.11. The van der Waals surface area contributed by atoms with Crippen molar-refractivity contribution < 1.29 is 4.79 Å². The van der Waals surface area contributed by atoms with E-state index < -0.39 is 0 Å². The molecular formula is C13H24O. The highest BCUT2D eigenvalue weighted by Crippen LogP contribution is 2.32. The molecule has 1 fully saturated rings. The first-order chi connectivity index (χ1) is 6.41. The molecule has 0 N–H and O–H groups in total. The van der Waals surface area contributed by atoms with E-state index in [0.717, 1.165) is 19.3 Å². The molecule has 0 radical (unpaired) electrons. The Labute approximate surface area is 88.3 Å². The maximum absolute atomic E-state index is 11.9. The van der Waals surface area contributed by atoms with Crippen LogP contribution in [0.2, 0.25) is 0 Å². The fraction of sp³-hybridized carbons (Fsp3) is 0.923. The lowest BCUT2D eigenvalue weighted by Gasteiger charge is -2.27. The van der Waals surface area contributed by atoms with E-state index in [9.17, 15) is 4.79 Å². The summed E-state index contributed by atoms with van der Waals surface area (Å²) in [6.45, 7) is 8.87. The van der Waals surface area contributed by atoms with E-state index in [-0.39, 0.29) is 5.41 Å². The molecule has 0 amide bonds. The minimum Gasteiger partial charge on any atom is -0.299 e. The molecule has 1 nitrogen and oxygen atoms in total. The van der Waals surface area contributed by atoms with Gasteiger partial charge < -0.3 is 0 Å². The zero-order chi connectivity index (χ0) is 10.8. The molecule has 1 aliphatic carbocycles. The van der Waals surface area contributed by atoms with Gasteiger partial charge in [0.25, 0.3) is 0 Å². The highest BCUT2D eigenvalue weighted by molar-refractivity contribution is 5.81. The van der Waals surface area contributed by atoms with Gasteiger partial charge >= 0.3 is 0 Å². The highest BCUT2D eigenvalue weighted by Gasteiger charge is 2.27. The Morgan fingerprint density at radius 1 is 1.29 bits per heavy atom. The summed E-state index contributed by atoms with van der Waals surface area (Å²) in [5.41, 5.74) is 0.272. The van der Waals surface area contributed by atoms with Crippen LogP contribution >= 0.6 is 0 Å². The molecule has 1 saturated carbocycles. The van der Waals surface area contributed by atoms with Crippen molar-refractivity contribution >= 4 is 5.78 Å². The number of rotatable bonds is 3. The van der Waals surface area contributed by atoms with E-state index in [2.05, 4.69) is 27.7 Å². The lowest BCUT2D eigenvalue weighted by molar-refractivity contribution is -0.124. The topological polar surface area (TPSA) is 17.1 Å². The third-order valence-corrected chi connectivity index (χ3v) is 3.80. The Morgan fingerprint density at radius 3 is 2.21 bits per heavy atom. The Bertz CT molecular complexity index is 194. The molecule has 82 valence electrons. The van der Waals surface area contributed by atoms with Crippen LogP contribution in [0.1, 0.15) is 59.8 Å². The smallest absolute Gasteiger partial charge is 0.136 e. The van der Waals surface area contributed by atoms with Crippen LogP contribution in [0.15, 0.2) is 0 Å². The third-order valence-electron chi connectivity index (χ3n) is 3.80. The van der Waals surface area contributed by atoms with Crippen molar-refractivity contribution in [1.29, 1.82) is 0 Å². The molecule has 1 heteroatoms. The van der Waals surface area contributed by atoms with Gasteiger partial charge in [-0.3, -0.25) is 4.79 Å². The quantitative estimate of drug-likeness (QED) is 0.670. The van der Waals surface area contributed by atoms with Gasteiger partial charge in [-0.2, -0.15) is 0 Å². The van der Waals surface area contributed by atoms with Crippen molar-refractivity contribution in [2.45, 2.75) is 59.8 Å². The molecule has 1 atom stereocenters. The van der Waals surface area contributed by atoms with Crippen molar-refractivity contribution in [2.24, 2.45) is 17.3 Å². The lowest BCUT2D eigenvalue weighted by atomic mass is 9.78. The standard InChI is InChI=1S/C13H24O/c1-10(13(2,3)4)9-12(14)11-7-5-6-8-11/h10-11H,5-9H2,1-4H3. The van der Waals surface area contributed by atoms with Crippen LogP contribution in [0.4, 0.5) is 0 Å². The summed E-state index contributed by atoms with van der Waals surface area (Å²) >= 11 is 0. The summed E-state index contributed by atoms with van der Waals surface area (Å²) < 4.78 is 0. The predicted molar refractivity (Wildman–Crippen MR) is 60.2 cm³/mol. The van der Waals surface area contributed by atoms with Crippen LogP contribution in [0.5, 0.6) is 0 Å². The summed E-state index contributed by atoms with van der Waals surface area (Å²) in [4.78, 5) is 11.9. The first kappa shape index (κ1) is 11.7. The lowest BCUT2D eigenvalue weighted by Crippen LogP contribution is -2.23. The number of hydrogen-bond acceptors (Lipinski definition) is 1. The molecule has 14 heavy (non-hydrogen) atoms. The predicted octanol–water partition coefficient (Wildman–Crippen LogP) is 3.82. The number of ketones is 1. The van der Waals surface area contributed by atoms with Gasteiger partial charge in [-0.05, 0) is 24.2 Å². The Hall–Kier alpha value is -0.330. The summed E-state index contributed by atoms with van der Waals surface area (Å²) in [7, 11) is 0. The van der Waals surface area contributed by atoms with Gasteiger partial charge in [-0.15, -0.1) is 0 Å². The monoisotopic (exact) mass is 196 g/mol. The fourth-order valence-electron chi connectivity index (χ4n) is 2.02. The normalized spacial score (nSPS) is 21.1. The van der Waals surface area contributed by atoms with Crippen LogP contribution in [0.25, 0.3) is 0 Å². The van der Waals surface area contributed by atoms with E-state index in [1.807, 2.05) is 0 Å². The molecule has 0 bridgehead atoms. The van der Waals surface area contributed by atoms with Gasteiger partial charge in [0.2, 0.25) is 0 Å². The second-order valence-electron chi connectivity index (χ2n) is 5.92. The summed E-state index contributed by atoms with van der Waals surface area (Å²) in [5, 5.41) is 0. The Balaban J connectivity index is 2.40. The number of Topliss-reactive ketones (excluding diaryl/α,β-unsaturated/α-hetero) is 1. The van der Waals surface area contributed by atoms with E-state index >= 15 is 0 Å². The molecule has 0 spiro atoms. The van der Waals surface area contributed by atoms with Gasteiger partial charge in [0, 0.05) is 12.3 Å². The maximum Gasteiger partial charge on any atom is 0.136 e. The largest absolute Gasteiger partial charge is 0.299 e. The zero-order valence-corrected chi connectivity index (χ0v) is 10.1. The molecule has 0 aromatic rings. The first-order valence-electron chi connectivity index (χ1n) is 5.94. The number of carbonyl (C=O) groups is 1. The minimum atomic E-state index is 0.272. The summed E-state index contributed by atoms with van der Waals surface area (Å²) in [6, 6.07) is 0. The second-order valence-corrected chi connectivity index (χ2v) is 5.92. The second kappa shape index (κ2) is 4.46. The van der Waals surface area contributed by atoms with E-state index in [1.165, 1.54) is 12.8 Å². The average Bonchev–Trinajstić information content (AvgIpc) is 2.53. The minimum absolute atomic E-state index is 0.272. The van der Waals surface area contributed by atoms with E-state index in [1.54, 1.807) is 0 Å². The molecule has 1 unspecified atom stereocenters. The number of hydrogen-bond donors (Lipinski definition) is 0. The van der Waals surface area contributed by atoms with Crippen molar-refractivity contribution in [2.75, 3.05) is 0 Å². The summed E-state index contributed by atoms with van der Waals surface area (Å²) in [5.74, 6) is 1.43. The van der Waals surface area contributed by atoms with Crippen molar-refractivity contribution in [1.82, 2.24) is 0 Å². The van der Waals surface area contributed by atoms with Gasteiger partial charge in [-0.25, -0.2) is 0 Å². The van der Waals surface area contributed by atoms with Crippen LogP contribution < -0.4 is 0 Å². The SMILES string of the molecule is CC(CC(=O)C1CCCC1)C(C)(C)C. The maximum atomic E-state index is 11.9. The van der Waals surface area contributed by atoms with Crippen molar-refractivity contribution in [3.8, 4) is 0 Å². The zero-order valence-electron chi connectivity index (χ0n) is 10.1. The van der Waals surface area contributed by atoms with Gasteiger partial charge in [0.05, 0.1) is 0 Å². The van der Waals surface area contributed by atoms with Crippen LogP contribution in [-0.2, 0) is 4.79 Å². The van der Waals surface area contributed by atoms with Gasteiger partial charge in [0.1, 0.15) is 5.78 Å². The summed E-state index contributed by atoms with van der Waals surface area (Å²) in [6.07, 6.45) is 5.61. The van der Waals surface area contributed by atoms with Gasteiger partial charge in [-0.1, -0.05) is 40.5 Å². The number of carbonyl (C=O) groups excluding carboxylic acids is 1. The van der Waals surface area contributed by atoms with Crippen LogP contribution in [-0.4, -0.2) is 5.78 Å². The van der Waals surface area contributed by atoms with Crippen LogP contribution in [0.3, 0.4) is 0 Å². The molecule has 0 aliphatic heterocycles. The molecule has 0 aromatic heterocycles. The molecule has 0 aromatic carbocycles. The molecule has 0 saturated heterocycles. The molecule has 0 heterocycles. The van der Waals surface area contributed by atoms with E-state index in [4.69, 9.17) is 0 Å². The van der Waals surface area contributed by atoms with Crippen molar-refractivity contribution in [3.05, 3.63) is 0 Å².